The number of H-pyrrole nitrogens is 1. The van der Waals surface area contributed by atoms with Gasteiger partial charge in [0.15, 0.2) is 11.2 Å². The molecule has 0 unspecified atom stereocenters. The molecule has 9 nitrogen and oxygen atoms in total. The Bertz CT molecular complexity index is 964. The molecule has 0 aliphatic carbocycles. The first-order chi connectivity index (χ1) is 11.6. The van der Waals surface area contributed by atoms with Crippen LogP contribution in [0.5, 0.6) is 0 Å². The van der Waals surface area contributed by atoms with E-state index in [1.807, 2.05) is 0 Å². The number of nitrogens with one attached hydrogen (secondary N) is 1. The maximum atomic E-state index is 12.6. The molecule has 0 radical (unpaired) electrons. The summed E-state index contributed by atoms with van der Waals surface area (Å²) in [7, 11) is 3.05. The van der Waals surface area contributed by atoms with Crippen LogP contribution >= 0.6 is 0 Å². The molecular weight excluding hydrogens is 312 g/mol. The van der Waals surface area contributed by atoms with Crippen LogP contribution in [0.1, 0.15) is 19.8 Å². The number of imidazole rings is 1. The SMILES string of the molecule is CCCCOCn1c(-c2cn[nH]c2)nc2c1c(=O)n(C)c(=O)n2C. The number of fused-ring (bicyclic) bond motifs is 1. The van der Waals surface area contributed by atoms with Crippen LogP contribution in [0.4, 0.5) is 0 Å². The molecule has 0 bridgehead atoms. The highest BCUT2D eigenvalue weighted by molar-refractivity contribution is 5.76. The number of hydrogen-bond donors (Lipinski definition) is 1. The molecule has 0 fully saturated rings. The van der Waals surface area contributed by atoms with Gasteiger partial charge in [-0.25, -0.2) is 9.78 Å². The Morgan fingerprint density at radius 2 is 2.04 bits per heavy atom. The van der Waals surface area contributed by atoms with Crippen molar-refractivity contribution in [3.05, 3.63) is 33.2 Å². The van der Waals surface area contributed by atoms with Crippen LogP contribution in [-0.4, -0.2) is 35.5 Å². The topological polar surface area (TPSA) is 99.7 Å². The fourth-order valence-electron chi connectivity index (χ4n) is 2.57. The zero-order valence-corrected chi connectivity index (χ0v) is 13.9. The summed E-state index contributed by atoms with van der Waals surface area (Å²) in [6.07, 6.45) is 5.26. The summed E-state index contributed by atoms with van der Waals surface area (Å²) in [5.74, 6) is 0.536. The summed E-state index contributed by atoms with van der Waals surface area (Å²) in [5, 5.41) is 6.66. The second kappa shape index (κ2) is 6.44. The number of ether oxygens (including phenoxy) is 1. The third kappa shape index (κ3) is 2.56. The van der Waals surface area contributed by atoms with E-state index in [0.717, 1.165) is 23.0 Å². The molecule has 3 heterocycles. The van der Waals surface area contributed by atoms with E-state index in [1.54, 1.807) is 24.0 Å². The predicted octanol–water partition coefficient (Wildman–Crippen LogP) is 0.598. The second-order valence-corrected chi connectivity index (χ2v) is 5.62. The summed E-state index contributed by atoms with van der Waals surface area (Å²) in [4.78, 5) is 29.2. The maximum Gasteiger partial charge on any atom is 0.332 e. The number of aromatic nitrogens is 6. The number of aryl methyl sites for hydroxylation is 1. The summed E-state index contributed by atoms with van der Waals surface area (Å²) in [6.45, 7) is 2.86. The normalized spacial score (nSPS) is 11.5. The molecule has 0 saturated carbocycles. The van der Waals surface area contributed by atoms with Crippen molar-refractivity contribution in [2.24, 2.45) is 14.1 Å². The molecule has 24 heavy (non-hydrogen) atoms. The summed E-state index contributed by atoms with van der Waals surface area (Å²) in [5.41, 5.74) is 0.586. The van der Waals surface area contributed by atoms with E-state index in [1.165, 1.54) is 11.6 Å². The van der Waals surface area contributed by atoms with Crippen LogP contribution in [0.3, 0.4) is 0 Å². The first kappa shape index (κ1) is 16.2. The molecule has 0 atom stereocenters. The van der Waals surface area contributed by atoms with Gasteiger partial charge in [0, 0.05) is 26.9 Å². The molecule has 3 rings (SSSR count). The van der Waals surface area contributed by atoms with E-state index in [4.69, 9.17) is 4.74 Å². The van der Waals surface area contributed by atoms with Crippen molar-refractivity contribution in [3.63, 3.8) is 0 Å². The standard InChI is InChI=1S/C15H20N6O3/c1-4-5-6-24-9-21-11-13(18-12(21)10-7-16-17-8-10)19(2)15(23)20(3)14(11)22/h7-8H,4-6,9H2,1-3H3,(H,16,17). The van der Waals surface area contributed by atoms with E-state index in [-0.39, 0.29) is 6.73 Å². The van der Waals surface area contributed by atoms with Crippen molar-refractivity contribution in [1.29, 1.82) is 0 Å². The van der Waals surface area contributed by atoms with Crippen LogP contribution < -0.4 is 11.2 Å². The molecule has 0 aromatic carbocycles. The highest BCUT2D eigenvalue weighted by Crippen LogP contribution is 2.21. The first-order valence-corrected chi connectivity index (χ1v) is 7.79. The molecule has 0 spiro atoms. The van der Waals surface area contributed by atoms with Crippen molar-refractivity contribution < 1.29 is 4.74 Å². The van der Waals surface area contributed by atoms with Gasteiger partial charge in [0.2, 0.25) is 0 Å². The molecule has 0 amide bonds. The second-order valence-electron chi connectivity index (χ2n) is 5.62. The number of unbranched alkanes of at least 4 members (excludes halogenated alkanes) is 1. The lowest BCUT2D eigenvalue weighted by atomic mass is 10.3. The Labute approximate surface area is 137 Å². The average molecular weight is 332 g/mol. The monoisotopic (exact) mass is 332 g/mol. The van der Waals surface area contributed by atoms with Gasteiger partial charge in [-0.15, -0.1) is 0 Å². The van der Waals surface area contributed by atoms with E-state index < -0.39 is 11.2 Å². The zero-order valence-electron chi connectivity index (χ0n) is 13.9. The highest BCUT2D eigenvalue weighted by Gasteiger charge is 2.20. The maximum absolute atomic E-state index is 12.6. The van der Waals surface area contributed by atoms with E-state index in [9.17, 15) is 9.59 Å². The Morgan fingerprint density at radius 3 is 2.71 bits per heavy atom. The minimum atomic E-state index is -0.414. The van der Waals surface area contributed by atoms with Gasteiger partial charge in [0.05, 0.1) is 11.8 Å². The van der Waals surface area contributed by atoms with Crippen molar-refractivity contribution in [3.8, 4) is 11.4 Å². The van der Waals surface area contributed by atoms with Crippen molar-refractivity contribution in [2.45, 2.75) is 26.5 Å². The number of aromatic amines is 1. The first-order valence-electron chi connectivity index (χ1n) is 7.79. The van der Waals surface area contributed by atoms with Gasteiger partial charge in [-0.2, -0.15) is 5.10 Å². The quantitative estimate of drug-likeness (QED) is 0.666. The van der Waals surface area contributed by atoms with Crippen LogP contribution in [0.15, 0.2) is 22.0 Å². The van der Waals surface area contributed by atoms with Crippen molar-refractivity contribution >= 4 is 11.2 Å². The molecule has 9 heteroatoms. The molecule has 0 aliphatic heterocycles. The van der Waals surface area contributed by atoms with E-state index in [0.29, 0.717) is 23.6 Å². The van der Waals surface area contributed by atoms with Gasteiger partial charge in [-0.3, -0.25) is 23.6 Å². The highest BCUT2D eigenvalue weighted by atomic mass is 16.5. The Kier molecular flexibility index (Phi) is 4.34. The van der Waals surface area contributed by atoms with Gasteiger partial charge < -0.3 is 4.74 Å². The van der Waals surface area contributed by atoms with Crippen LogP contribution in [0.25, 0.3) is 22.6 Å². The molecule has 128 valence electrons. The largest absolute Gasteiger partial charge is 0.361 e. The Balaban J connectivity index is 2.22. The molecule has 1 N–H and O–H groups in total. The minimum Gasteiger partial charge on any atom is -0.361 e. The zero-order chi connectivity index (χ0) is 17.3. The third-order valence-corrected chi connectivity index (χ3v) is 3.97. The molecule has 0 saturated heterocycles. The number of nitrogens with zero attached hydrogens (tertiary/aromatic N) is 5. The molecule has 0 aliphatic rings. The van der Waals surface area contributed by atoms with Gasteiger partial charge >= 0.3 is 5.69 Å². The van der Waals surface area contributed by atoms with E-state index >= 15 is 0 Å². The smallest absolute Gasteiger partial charge is 0.332 e. The lowest BCUT2D eigenvalue weighted by molar-refractivity contribution is 0.0782. The summed E-state index contributed by atoms with van der Waals surface area (Å²) in [6, 6.07) is 0. The third-order valence-electron chi connectivity index (χ3n) is 3.97. The van der Waals surface area contributed by atoms with Gasteiger partial charge in [0.25, 0.3) is 5.56 Å². The van der Waals surface area contributed by atoms with Crippen molar-refractivity contribution in [2.75, 3.05) is 6.61 Å². The Morgan fingerprint density at radius 1 is 1.25 bits per heavy atom. The predicted molar refractivity (Wildman–Crippen MR) is 88.7 cm³/mol. The lowest BCUT2D eigenvalue weighted by Crippen LogP contribution is -2.37. The molecule has 3 aromatic rings. The fraction of sp³-hybridized carbons (Fsp3) is 0.467. The van der Waals surface area contributed by atoms with Crippen molar-refractivity contribution in [1.82, 2.24) is 28.9 Å². The van der Waals surface area contributed by atoms with Crippen LogP contribution in [0, 0.1) is 0 Å². The van der Waals surface area contributed by atoms with Gasteiger partial charge in [-0.1, -0.05) is 13.3 Å². The van der Waals surface area contributed by atoms with Crippen LogP contribution in [0.2, 0.25) is 0 Å². The molecule has 3 aromatic heterocycles. The fourth-order valence-corrected chi connectivity index (χ4v) is 2.57. The average Bonchev–Trinajstić information content (AvgIpc) is 3.22. The van der Waals surface area contributed by atoms with Gasteiger partial charge in [-0.05, 0) is 6.42 Å². The minimum absolute atomic E-state index is 0.185. The number of hydrogen-bond acceptors (Lipinski definition) is 5. The summed E-state index contributed by atoms with van der Waals surface area (Å²) >= 11 is 0. The lowest BCUT2D eigenvalue weighted by Gasteiger charge is -2.09. The number of rotatable bonds is 6. The molecular formula is C15H20N6O3. The summed E-state index contributed by atoms with van der Waals surface area (Å²) < 4.78 is 9.82. The Hall–Kier alpha value is -2.68. The van der Waals surface area contributed by atoms with E-state index in [2.05, 4.69) is 22.1 Å². The van der Waals surface area contributed by atoms with Crippen LogP contribution in [-0.2, 0) is 25.6 Å². The van der Waals surface area contributed by atoms with Gasteiger partial charge in [0.1, 0.15) is 12.6 Å².